The Hall–Kier alpha value is -2.77. The Bertz CT molecular complexity index is 548. The molecule has 0 fully saturated rings. The number of benzene rings is 1. The maximum absolute atomic E-state index is 11.6. The second-order valence-electron chi connectivity index (χ2n) is 4.65. The van der Waals surface area contributed by atoms with Gasteiger partial charge < -0.3 is 25.8 Å². The van der Waals surface area contributed by atoms with Gasteiger partial charge >= 0.3 is 12.0 Å². The number of carboxylic acid groups (broad SMARTS) is 1. The third kappa shape index (κ3) is 8.30. The molecule has 0 saturated heterocycles. The van der Waals surface area contributed by atoms with E-state index in [1.165, 1.54) is 0 Å². The van der Waals surface area contributed by atoms with E-state index in [-0.39, 0.29) is 25.5 Å². The molecule has 8 heteroatoms. The van der Waals surface area contributed by atoms with Crippen LogP contribution in [0.2, 0.25) is 0 Å². The number of hydrogen-bond donors (Lipinski definition) is 4. The lowest BCUT2D eigenvalue weighted by Crippen LogP contribution is -2.30. The van der Waals surface area contributed by atoms with E-state index in [1.807, 2.05) is 6.92 Å². The fraction of sp³-hybridized carbons (Fsp3) is 0.400. The summed E-state index contributed by atoms with van der Waals surface area (Å²) in [4.78, 5) is 33.3. The molecule has 0 bridgehead atoms. The number of hydrogen-bond acceptors (Lipinski definition) is 4. The second-order valence-corrected chi connectivity index (χ2v) is 4.65. The normalized spacial score (nSPS) is 9.78. The van der Waals surface area contributed by atoms with E-state index in [4.69, 9.17) is 9.84 Å². The molecular formula is C15H21N3O5. The van der Waals surface area contributed by atoms with E-state index < -0.39 is 12.0 Å². The molecule has 0 aliphatic carbocycles. The Morgan fingerprint density at radius 2 is 2.00 bits per heavy atom. The van der Waals surface area contributed by atoms with Crippen molar-refractivity contribution in [2.75, 3.05) is 25.0 Å². The Labute approximate surface area is 134 Å². The molecular weight excluding hydrogens is 302 g/mol. The number of likely N-dealkylation sites (N-methyl/N-ethyl adjacent to an activating group) is 1. The van der Waals surface area contributed by atoms with Gasteiger partial charge in [-0.15, -0.1) is 0 Å². The molecule has 0 aliphatic rings. The standard InChI is InChI=1S/C15H21N3O5/c1-2-16-13(19)10-23-12-6-3-5-11(9-12)18-15(22)17-8-4-7-14(20)21/h3,5-6,9H,2,4,7-8,10H2,1H3,(H,16,19)(H,20,21)(H2,17,18,22). The van der Waals surface area contributed by atoms with Crippen molar-refractivity contribution >= 4 is 23.6 Å². The summed E-state index contributed by atoms with van der Waals surface area (Å²) in [6, 6.07) is 6.20. The third-order valence-electron chi connectivity index (χ3n) is 2.69. The minimum absolute atomic E-state index is 0.00340. The SMILES string of the molecule is CCNC(=O)COc1cccc(NC(=O)NCCCC(=O)O)c1. The highest BCUT2D eigenvalue weighted by molar-refractivity contribution is 5.89. The largest absolute Gasteiger partial charge is 0.484 e. The smallest absolute Gasteiger partial charge is 0.319 e. The highest BCUT2D eigenvalue weighted by Crippen LogP contribution is 2.17. The molecule has 0 saturated carbocycles. The number of carboxylic acids is 1. The maximum Gasteiger partial charge on any atom is 0.319 e. The van der Waals surface area contributed by atoms with Crippen LogP contribution in [0.5, 0.6) is 5.75 Å². The van der Waals surface area contributed by atoms with Crippen molar-refractivity contribution < 1.29 is 24.2 Å². The Morgan fingerprint density at radius 1 is 1.22 bits per heavy atom. The van der Waals surface area contributed by atoms with Crippen LogP contribution in [0, 0.1) is 0 Å². The summed E-state index contributed by atoms with van der Waals surface area (Å²) in [5.74, 6) is -0.661. The minimum atomic E-state index is -0.899. The number of rotatable bonds is 9. The van der Waals surface area contributed by atoms with Gasteiger partial charge in [0.2, 0.25) is 0 Å². The van der Waals surface area contributed by atoms with Crippen LogP contribution in [0.1, 0.15) is 19.8 Å². The van der Waals surface area contributed by atoms with Crippen LogP contribution < -0.4 is 20.7 Å². The van der Waals surface area contributed by atoms with Crippen molar-refractivity contribution in [1.29, 1.82) is 0 Å². The molecule has 0 aromatic heterocycles. The molecule has 0 heterocycles. The summed E-state index contributed by atoms with van der Waals surface area (Å²) < 4.78 is 5.32. The first-order valence-electron chi connectivity index (χ1n) is 7.27. The van der Waals surface area contributed by atoms with Crippen molar-refractivity contribution in [2.45, 2.75) is 19.8 Å². The first-order valence-corrected chi connectivity index (χ1v) is 7.27. The van der Waals surface area contributed by atoms with Crippen LogP contribution in [-0.4, -0.2) is 42.7 Å². The number of aliphatic carboxylic acids is 1. The fourth-order valence-electron chi connectivity index (χ4n) is 1.68. The molecule has 0 aliphatic heterocycles. The molecule has 0 unspecified atom stereocenters. The molecule has 4 N–H and O–H groups in total. The lowest BCUT2D eigenvalue weighted by atomic mass is 10.3. The average molecular weight is 323 g/mol. The summed E-state index contributed by atoms with van der Waals surface area (Å²) in [5, 5.41) is 16.3. The van der Waals surface area contributed by atoms with E-state index in [0.717, 1.165) is 0 Å². The van der Waals surface area contributed by atoms with Crippen LogP contribution in [0.25, 0.3) is 0 Å². The number of anilines is 1. The van der Waals surface area contributed by atoms with Crippen molar-refractivity contribution in [3.63, 3.8) is 0 Å². The maximum atomic E-state index is 11.6. The van der Waals surface area contributed by atoms with Gasteiger partial charge in [-0.1, -0.05) is 6.07 Å². The van der Waals surface area contributed by atoms with Crippen LogP contribution in [0.3, 0.4) is 0 Å². The molecule has 8 nitrogen and oxygen atoms in total. The molecule has 1 aromatic carbocycles. The van der Waals surface area contributed by atoms with Gasteiger partial charge in [0.1, 0.15) is 5.75 Å². The summed E-state index contributed by atoms with van der Waals surface area (Å²) >= 11 is 0. The predicted octanol–water partition coefficient (Wildman–Crippen LogP) is 1.19. The minimum Gasteiger partial charge on any atom is -0.484 e. The van der Waals surface area contributed by atoms with E-state index >= 15 is 0 Å². The van der Waals surface area contributed by atoms with E-state index in [9.17, 15) is 14.4 Å². The van der Waals surface area contributed by atoms with Crippen LogP contribution in [0.15, 0.2) is 24.3 Å². The number of carbonyl (C=O) groups excluding carboxylic acids is 2. The molecule has 1 aromatic rings. The quantitative estimate of drug-likeness (QED) is 0.509. The van der Waals surface area contributed by atoms with Gasteiger partial charge in [-0.05, 0) is 25.5 Å². The lowest BCUT2D eigenvalue weighted by molar-refractivity contribution is -0.137. The molecule has 23 heavy (non-hydrogen) atoms. The van der Waals surface area contributed by atoms with Crippen LogP contribution in [0.4, 0.5) is 10.5 Å². The zero-order chi connectivity index (χ0) is 17.1. The summed E-state index contributed by atoms with van der Waals surface area (Å²) in [6.45, 7) is 2.52. The number of urea groups is 1. The van der Waals surface area contributed by atoms with Crippen LogP contribution >= 0.6 is 0 Å². The van der Waals surface area contributed by atoms with Gasteiger partial charge in [0, 0.05) is 31.3 Å². The topological polar surface area (TPSA) is 117 Å². The molecule has 3 amide bonds. The predicted molar refractivity (Wildman–Crippen MR) is 84.5 cm³/mol. The lowest BCUT2D eigenvalue weighted by Gasteiger charge is -2.10. The molecule has 0 atom stereocenters. The number of nitrogens with one attached hydrogen (secondary N) is 3. The first-order chi connectivity index (χ1) is 11.0. The Balaban J connectivity index is 2.39. The molecule has 126 valence electrons. The molecule has 1 rings (SSSR count). The van der Waals surface area contributed by atoms with Gasteiger partial charge in [-0.3, -0.25) is 9.59 Å². The average Bonchev–Trinajstić information content (AvgIpc) is 2.50. The summed E-state index contributed by atoms with van der Waals surface area (Å²) in [6.07, 6.45) is 0.363. The number of carbonyl (C=O) groups is 3. The number of ether oxygens (including phenoxy) is 1. The van der Waals surface area contributed by atoms with E-state index in [0.29, 0.717) is 24.4 Å². The van der Waals surface area contributed by atoms with Crippen LogP contribution in [-0.2, 0) is 9.59 Å². The number of amides is 3. The van der Waals surface area contributed by atoms with Gasteiger partial charge in [-0.2, -0.15) is 0 Å². The monoisotopic (exact) mass is 323 g/mol. The van der Waals surface area contributed by atoms with Crippen molar-refractivity contribution in [3.05, 3.63) is 24.3 Å². The first kappa shape index (κ1) is 18.3. The Morgan fingerprint density at radius 3 is 2.70 bits per heavy atom. The van der Waals surface area contributed by atoms with Crippen molar-refractivity contribution in [2.24, 2.45) is 0 Å². The second kappa shape index (κ2) is 10.0. The highest BCUT2D eigenvalue weighted by Gasteiger charge is 2.05. The fourth-order valence-corrected chi connectivity index (χ4v) is 1.68. The summed E-state index contributed by atoms with van der Waals surface area (Å²) in [7, 11) is 0. The zero-order valence-corrected chi connectivity index (χ0v) is 12.9. The highest BCUT2D eigenvalue weighted by atomic mass is 16.5. The van der Waals surface area contributed by atoms with Gasteiger partial charge in [0.05, 0.1) is 0 Å². The Kier molecular flexibility index (Phi) is 7.98. The zero-order valence-electron chi connectivity index (χ0n) is 12.9. The van der Waals surface area contributed by atoms with Crippen molar-refractivity contribution in [3.8, 4) is 5.75 Å². The molecule has 0 radical (unpaired) electrons. The summed E-state index contributed by atoms with van der Waals surface area (Å²) in [5.41, 5.74) is 0.508. The van der Waals surface area contributed by atoms with Gasteiger partial charge in [0.15, 0.2) is 6.61 Å². The van der Waals surface area contributed by atoms with E-state index in [1.54, 1.807) is 24.3 Å². The van der Waals surface area contributed by atoms with Gasteiger partial charge in [0.25, 0.3) is 5.91 Å². The van der Waals surface area contributed by atoms with E-state index in [2.05, 4.69) is 16.0 Å². The van der Waals surface area contributed by atoms with Crippen molar-refractivity contribution in [1.82, 2.24) is 10.6 Å². The third-order valence-corrected chi connectivity index (χ3v) is 2.69. The molecule has 0 spiro atoms. The van der Waals surface area contributed by atoms with Gasteiger partial charge in [-0.25, -0.2) is 4.79 Å².